The molecular formula is C16H27NO2. The van der Waals surface area contributed by atoms with Gasteiger partial charge in [-0.15, -0.1) is 0 Å². The molecule has 0 atom stereocenters. The topological polar surface area (TPSA) is 30.5 Å². The quantitative estimate of drug-likeness (QED) is 0.653. The highest BCUT2D eigenvalue weighted by molar-refractivity contribution is 5.40. The second-order valence-electron chi connectivity index (χ2n) is 4.64. The van der Waals surface area contributed by atoms with Gasteiger partial charge in [-0.25, -0.2) is 0 Å². The van der Waals surface area contributed by atoms with Crippen LogP contribution in [0.3, 0.4) is 0 Å². The van der Waals surface area contributed by atoms with Crippen molar-refractivity contribution in [1.29, 1.82) is 0 Å². The first-order valence-electron chi connectivity index (χ1n) is 7.41. The highest BCUT2D eigenvalue weighted by atomic mass is 16.5. The molecule has 19 heavy (non-hydrogen) atoms. The summed E-state index contributed by atoms with van der Waals surface area (Å²) in [7, 11) is 0. The van der Waals surface area contributed by atoms with E-state index in [1.165, 1.54) is 5.56 Å². The summed E-state index contributed by atoms with van der Waals surface area (Å²) in [6.07, 6.45) is 3.18. The number of hydrogen-bond acceptors (Lipinski definition) is 3. The Kier molecular flexibility index (Phi) is 8.07. The van der Waals surface area contributed by atoms with Crippen LogP contribution in [-0.4, -0.2) is 19.8 Å². The standard InChI is InChI=1S/C16H27NO2/c1-4-9-17-13-14-7-8-15(18-10-5-2)12-16(14)19-11-6-3/h7-8,12,17H,4-6,9-11,13H2,1-3H3. The van der Waals surface area contributed by atoms with Crippen LogP contribution in [0.25, 0.3) is 0 Å². The summed E-state index contributed by atoms with van der Waals surface area (Å²) in [5.41, 5.74) is 1.20. The minimum Gasteiger partial charge on any atom is -0.493 e. The molecule has 0 heterocycles. The van der Waals surface area contributed by atoms with Gasteiger partial charge in [0.15, 0.2) is 0 Å². The molecule has 0 radical (unpaired) electrons. The maximum Gasteiger partial charge on any atom is 0.127 e. The molecule has 108 valence electrons. The fraction of sp³-hybridized carbons (Fsp3) is 0.625. The van der Waals surface area contributed by atoms with Crippen LogP contribution < -0.4 is 14.8 Å². The van der Waals surface area contributed by atoms with E-state index in [4.69, 9.17) is 9.47 Å². The minimum atomic E-state index is 0.748. The maximum absolute atomic E-state index is 5.82. The van der Waals surface area contributed by atoms with Crippen LogP contribution >= 0.6 is 0 Å². The smallest absolute Gasteiger partial charge is 0.127 e. The highest BCUT2D eigenvalue weighted by Crippen LogP contribution is 2.25. The first kappa shape index (κ1) is 15.8. The zero-order valence-electron chi connectivity index (χ0n) is 12.5. The van der Waals surface area contributed by atoms with Gasteiger partial charge in [0.1, 0.15) is 11.5 Å². The van der Waals surface area contributed by atoms with Crippen LogP contribution in [0.2, 0.25) is 0 Å². The Morgan fingerprint density at radius 2 is 1.68 bits per heavy atom. The van der Waals surface area contributed by atoms with Gasteiger partial charge < -0.3 is 14.8 Å². The van der Waals surface area contributed by atoms with Gasteiger partial charge in [-0.2, -0.15) is 0 Å². The highest BCUT2D eigenvalue weighted by Gasteiger charge is 2.06. The Morgan fingerprint density at radius 1 is 0.947 bits per heavy atom. The molecule has 1 aromatic rings. The molecule has 0 aliphatic rings. The van der Waals surface area contributed by atoms with E-state index >= 15 is 0 Å². The molecule has 0 fully saturated rings. The third-order valence-corrected chi connectivity index (χ3v) is 2.72. The van der Waals surface area contributed by atoms with Gasteiger partial charge >= 0.3 is 0 Å². The molecule has 0 aliphatic carbocycles. The largest absolute Gasteiger partial charge is 0.493 e. The summed E-state index contributed by atoms with van der Waals surface area (Å²) in [5.74, 6) is 1.84. The van der Waals surface area contributed by atoms with Crippen molar-refractivity contribution in [2.24, 2.45) is 0 Å². The second-order valence-corrected chi connectivity index (χ2v) is 4.64. The van der Waals surface area contributed by atoms with Crippen molar-refractivity contribution in [3.05, 3.63) is 23.8 Å². The summed E-state index contributed by atoms with van der Waals surface area (Å²) < 4.78 is 11.5. The maximum atomic E-state index is 5.82. The Hall–Kier alpha value is -1.22. The third-order valence-electron chi connectivity index (χ3n) is 2.72. The zero-order chi connectivity index (χ0) is 13.9. The average Bonchev–Trinajstić information content (AvgIpc) is 2.44. The van der Waals surface area contributed by atoms with E-state index in [0.29, 0.717) is 0 Å². The van der Waals surface area contributed by atoms with E-state index < -0.39 is 0 Å². The lowest BCUT2D eigenvalue weighted by atomic mass is 10.2. The third kappa shape index (κ3) is 5.97. The van der Waals surface area contributed by atoms with Gasteiger partial charge in [0.2, 0.25) is 0 Å². The number of ether oxygens (including phenoxy) is 2. The molecule has 0 saturated carbocycles. The molecule has 0 amide bonds. The molecule has 0 bridgehead atoms. The van der Waals surface area contributed by atoms with Crippen molar-refractivity contribution >= 4 is 0 Å². The molecule has 0 spiro atoms. The molecule has 3 heteroatoms. The predicted molar refractivity (Wildman–Crippen MR) is 80.0 cm³/mol. The fourth-order valence-corrected chi connectivity index (χ4v) is 1.74. The molecule has 0 saturated heterocycles. The van der Waals surface area contributed by atoms with Crippen LogP contribution in [0.5, 0.6) is 11.5 Å². The van der Waals surface area contributed by atoms with Gasteiger partial charge in [0.05, 0.1) is 13.2 Å². The van der Waals surface area contributed by atoms with Crippen LogP contribution in [0.15, 0.2) is 18.2 Å². The molecule has 1 N–H and O–H groups in total. The summed E-state index contributed by atoms with van der Waals surface area (Å²) in [6, 6.07) is 6.13. The van der Waals surface area contributed by atoms with Crippen molar-refractivity contribution in [3.63, 3.8) is 0 Å². The number of hydrogen-bond donors (Lipinski definition) is 1. The van der Waals surface area contributed by atoms with Crippen molar-refractivity contribution in [3.8, 4) is 11.5 Å². The van der Waals surface area contributed by atoms with E-state index in [9.17, 15) is 0 Å². The first-order chi connectivity index (χ1) is 9.31. The second kappa shape index (κ2) is 9.68. The van der Waals surface area contributed by atoms with Crippen LogP contribution in [-0.2, 0) is 6.54 Å². The van der Waals surface area contributed by atoms with E-state index in [2.05, 4.69) is 32.2 Å². The predicted octanol–water partition coefficient (Wildman–Crippen LogP) is 3.76. The van der Waals surface area contributed by atoms with E-state index in [-0.39, 0.29) is 0 Å². The lowest BCUT2D eigenvalue weighted by Crippen LogP contribution is -2.15. The Morgan fingerprint density at radius 3 is 2.37 bits per heavy atom. The van der Waals surface area contributed by atoms with Gasteiger partial charge in [-0.3, -0.25) is 0 Å². The summed E-state index contributed by atoms with van der Waals surface area (Å²) in [6.45, 7) is 9.77. The molecule has 1 aromatic carbocycles. The van der Waals surface area contributed by atoms with Crippen LogP contribution in [0, 0.1) is 0 Å². The number of benzene rings is 1. The molecule has 1 rings (SSSR count). The van der Waals surface area contributed by atoms with E-state index in [0.717, 1.165) is 57.1 Å². The number of rotatable bonds is 10. The zero-order valence-corrected chi connectivity index (χ0v) is 12.5. The van der Waals surface area contributed by atoms with Crippen molar-refractivity contribution < 1.29 is 9.47 Å². The van der Waals surface area contributed by atoms with Gasteiger partial charge in [0, 0.05) is 18.2 Å². The van der Waals surface area contributed by atoms with Gasteiger partial charge in [0.25, 0.3) is 0 Å². The monoisotopic (exact) mass is 265 g/mol. The van der Waals surface area contributed by atoms with E-state index in [1.807, 2.05) is 12.1 Å². The summed E-state index contributed by atoms with van der Waals surface area (Å²) >= 11 is 0. The van der Waals surface area contributed by atoms with Crippen LogP contribution in [0.1, 0.15) is 45.6 Å². The van der Waals surface area contributed by atoms with Crippen LogP contribution in [0.4, 0.5) is 0 Å². The Labute approximate surface area is 117 Å². The fourth-order valence-electron chi connectivity index (χ4n) is 1.74. The minimum absolute atomic E-state index is 0.748. The Balaban J connectivity index is 2.70. The summed E-state index contributed by atoms with van der Waals surface area (Å²) in [4.78, 5) is 0. The molecule has 0 aliphatic heterocycles. The lowest BCUT2D eigenvalue weighted by molar-refractivity contribution is 0.299. The number of nitrogens with one attached hydrogen (secondary N) is 1. The van der Waals surface area contributed by atoms with Gasteiger partial charge in [-0.1, -0.05) is 26.8 Å². The normalized spacial score (nSPS) is 10.5. The van der Waals surface area contributed by atoms with E-state index in [1.54, 1.807) is 0 Å². The Bertz CT molecular complexity index is 353. The van der Waals surface area contributed by atoms with Crippen molar-refractivity contribution in [2.75, 3.05) is 19.8 Å². The molecule has 0 unspecified atom stereocenters. The van der Waals surface area contributed by atoms with Crippen molar-refractivity contribution in [1.82, 2.24) is 5.32 Å². The van der Waals surface area contributed by atoms with Gasteiger partial charge in [-0.05, 0) is 31.9 Å². The molecule has 0 aromatic heterocycles. The average molecular weight is 265 g/mol. The lowest BCUT2D eigenvalue weighted by Gasteiger charge is -2.14. The molecular weight excluding hydrogens is 238 g/mol. The molecule has 3 nitrogen and oxygen atoms in total. The first-order valence-corrected chi connectivity index (χ1v) is 7.41. The summed E-state index contributed by atoms with van der Waals surface area (Å²) in [5, 5.41) is 3.41. The SMILES string of the molecule is CCCNCc1ccc(OCCC)cc1OCCC. The van der Waals surface area contributed by atoms with Crippen molar-refractivity contribution in [2.45, 2.75) is 46.6 Å².